The number of sulfone groups is 1. The average Bonchev–Trinajstić information content (AvgIpc) is 3.22. The van der Waals surface area contributed by atoms with Gasteiger partial charge in [-0.3, -0.25) is 0 Å². The summed E-state index contributed by atoms with van der Waals surface area (Å²) in [6.07, 6.45) is 2.76. The van der Waals surface area contributed by atoms with Gasteiger partial charge in [-0.1, -0.05) is 6.07 Å². The van der Waals surface area contributed by atoms with E-state index in [4.69, 9.17) is 4.74 Å². The summed E-state index contributed by atoms with van der Waals surface area (Å²) in [5.74, 6) is -1.57. The number of benzene rings is 2. The van der Waals surface area contributed by atoms with Gasteiger partial charge in [-0.15, -0.1) is 0 Å². The number of ether oxygens (including phenoxy) is 1. The van der Waals surface area contributed by atoms with Gasteiger partial charge in [-0.05, 0) is 55.8 Å². The molecule has 0 amide bonds. The number of H-pyrrole nitrogens is 1. The molecule has 1 unspecified atom stereocenters. The third kappa shape index (κ3) is 3.91. The van der Waals surface area contributed by atoms with Crippen LogP contribution in [0.15, 0.2) is 54.7 Å². The maximum Gasteiger partial charge on any atom is 0.290 e. The second-order valence-electron chi connectivity index (χ2n) is 7.64. The summed E-state index contributed by atoms with van der Waals surface area (Å²) in [6, 6.07) is 11.1. The van der Waals surface area contributed by atoms with Crippen molar-refractivity contribution < 1.29 is 26.7 Å². The number of nitrogens with zero attached hydrogens (tertiary/aromatic N) is 1. The third-order valence-electron chi connectivity index (χ3n) is 5.41. The van der Waals surface area contributed by atoms with E-state index in [1.807, 2.05) is 0 Å². The summed E-state index contributed by atoms with van der Waals surface area (Å²) >= 11 is 0. The molecule has 2 aromatic carbocycles. The third-order valence-corrected chi connectivity index (χ3v) is 6.97. The van der Waals surface area contributed by atoms with Crippen molar-refractivity contribution in [3.8, 4) is 22.6 Å². The molecular formula is C23H20F2N2O4S. The van der Waals surface area contributed by atoms with Gasteiger partial charge < -0.3 is 9.94 Å². The highest BCUT2D eigenvalue weighted by Gasteiger charge is 2.22. The summed E-state index contributed by atoms with van der Waals surface area (Å²) in [4.78, 5) is 2.90. The monoisotopic (exact) mass is 458 g/mol. The maximum atomic E-state index is 14.3. The van der Waals surface area contributed by atoms with Gasteiger partial charge in [0.2, 0.25) is 0 Å². The van der Waals surface area contributed by atoms with Crippen LogP contribution in [0.25, 0.3) is 22.2 Å². The van der Waals surface area contributed by atoms with Crippen LogP contribution in [0, 0.1) is 23.8 Å². The van der Waals surface area contributed by atoms with Gasteiger partial charge in [0, 0.05) is 23.4 Å². The van der Waals surface area contributed by atoms with Crippen LogP contribution in [-0.4, -0.2) is 19.7 Å². The first-order valence-corrected chi connectivity index (χ1v) is 11.7. The average molecular weight is 458 g/mol. The number of rotatable bonds is 5. The standard InChI is InChI=1S/C23H20F2N2O4S/c1-13-10-18(17-8-9-26-23(17)27(13)28)19-11-15(14(2)32(3,29)30)4-6-21(19)31-22-7-5-16(24)12-20(22)25/h4-12,14,26H,1-3H3. The van der Waals surface area contributed by atoms with Crippen molar-refractivity contribution in [1.82, 2.24) is 4.98 Å². The lowest BCUT2D eigenvalue weighted by Gasteiger charge is -2.18. The van der Waals surface area contributed by atoms with Crippen LogP contribution < -0.4 is 9.47 Å². The molecule has 1 N–H and O–H groups in total. The zero-order valence-corrected chi connectivity index (χ0v) is 18.3. The number of aromatic amines is 1. The number of aromatic nitrogens is 2. The minimum atomic E-state index is -3.39. The minimum absolute atomic E-state index is 0.187. The van der Waals surface area contributed by atoms with Crippen LogP contribution in [0.4, 0.5) is 8.78 Å². The normalized spacial score (nSPS) is 12.8. The Kier molecular flexibility index (Phi) is 5.37. The van der Waals surface area contributed by atoms with Gasteiger partial charge in [0.25, 0.3) is 5.65 Å². The van der Waals surface area contributed by atoms with E-state index in [1.54, 1.807) is 50.4 Å². The molecular weight excluding hydrogens is 438 g/mol. The van der Waals surface area contributed by atoms with Gasteiger partial charge in [0.15, 0.2) is 21.4 Å². The van der Waals surface area contributed by atoms with Crippen LogP contribution in [0.5, 0.6) is 11.5 Å². The lowest BCUT2D eigenvalue weighted by atomic mass is 9.98. The lowest BCUT2D eigenvalue weighted by Crippen LogP contribution is -2.31. The number of hydrogen-bond acceptors (Lipinski definition) is 4. The Bertz CT molecular complexity index is 1450. The zero-order chi connectivity index (χ0) is 23.2. The summed E-state index contributed by atoms with van der Waals surface area (Å²) < 4.78 is 58.4. The van der Waals surface area contributed by atoms with Crippen LogP contribution in [0.2, 0.25) is 0 Å². The van der Waals surface area contributed by atoms with Gasteiger partial charge in [0.1, 0.15) is 17.3 Å². The molecule has 9 heteroatoms. The maximum absolute atomic E-state index is 14.3. The van der Waals surface area contributed by atoms with Crippen molar-refractivity contribution in [2.75, 3.05) is 6.26 Å². The molecule has 32 heavy (non-hydrogen) atoms. The van der Waals surface area contributed by atoms with E-state index in [0.29, 0.717) is 39.5 Å². The first kappa shape index (κ1) is 21.8. The number of hydrogen-bond donors (Lipinski definition) is 1. The number of aryl methyl sites for hydroxylation is 1. The van der Waals surface area contributed by atoms with Gasteiger partial charge in [0.05, 0.1) is 16.8 Å². The van der Waals surface area contributed by atoms with E-state index in [9.17, 15) is 22.4 Å². The fraction of sp³-hybridized carbons (Fsp3) is 0.174. The molecule has 0 saturated carbocycles. The first-order valence-electron chi connectivity index (χ1n) is 9.72. The summed E-state index contributed by atoms with van der Waals surface area (Å²) in [5, 5.41) is 12.2. The van der Waals surface area contributed by atoms with Crippen LogP contribution in [0.1, 0.15) is 23.4 Å². The predicted molar refractivity (Wildman–Crippen MR) is 117 cm³/mol. The molecule has 0 spiro atoms. The SMILES string of the molecule is Cc1cc(-c2cc(C(C)S(C)(=O)=O)ccc2Oc2ccc(F)cc2F)c2cc[nH]c2[n+]1[O-]. The van der Waals surface area contributed by atoms with Crippen molar-refractivity contribution in [2.24, 2.45) is 0 Å². The fourth-order valence-electron chi connectivity index (χ4n) is 3.51. The Morgan fingerprint density at radius 1 is 1.03 bits per heavy atom. The Morgan fingerprint density at radius 2 is 1.75 bits per heavy atom. The molecule has 0 saturated heterocycles. The molecule has 0 bridgehead atoms. The highest BCUT2D eigenvalue weighted by atomic mass is 32.2. The molecule has 0 fully saturated rings. The predicted octanol–water partition coefficient (Wildman–Crippen LogP) is 4.95. The van der Waals surface area contributed by atoms with Gasteiger partial charge >= 0.3 is 0 Å². The second-order valence-corrected chi connectivity index (χ2v) is 10.0. The molecule has 6 nitrogen and oxygen atoms in total. The summed E-state index contributed by atoms with van der Waals surface area (Å²) in [7, 11) is -3.39. The van der Waals surface area contributed by atoms with Crippen molar-refractivity contribution in [3.05, 3.63) is 82.8 Å². The summed E-state index contributed by atoms with van der Waals surface area (Å²) in [5.41, 5.74) is 2.30. The molecule has 2 aromatic heterocycles. The Balaban J connectivity index is 1.96. The molecule has 0 aliphatic heterocycles. The van der Waals surface area contributed by atoms with Crippen molar-refractivity contribution in [1.29, 1.82) is 0 Å². The van der Waals surface area contributed by atoms with E-state index in [0.717, 1.165) is 17.1 Å². The number of pyridine rings is 1. The number of fused-ring (bicyclic) bond motifs is 1. The van der Waals surface area contributed by atoms with Crippen molar-refractivity contribution >= 4 is 20.9 Å². The Hall–Kier alpha value is -3.46. The first-order chi connectivity index (χ1) is 15.1. The fourth-order valence-corrected chi connectivity index (χ4v) is 4.16. The van der Waals surface area contributed by atoms with E-state index in [2.05, 4.69) is 4.98 Å². The number of nitrogens with one attached hydrogen (secondary N) is 1. The van der Waals surface area contributed by atoms with E-state index in [1.165, 1.54) is 6.07 Å². The number of halogens is 2. The van der Waals surface area contributed by atoms with Crippen LogP contribution in [-0.2, 0) is 9.84 Å². The van der Waals surface area contributed by atoms with Gasteiger partial charge in [-0.2, -0.15) is 0 Å². The smallest absolute Gasteiger partial charge is 0.290 e. The lowest BCUT2D eigenvalue weighted by molar-refractivity contribution is -0.586. The molecule has 166 valence electrons. The van der Waals surface area contributed by atoms with E-state index >= 15 is 0 Å². The molecule has 0 aliphatic carbocycles. The zero-order valence-electron chi connectivity index (χ0n) is 17.5. The van der Waals surface area contributed by atoms with E-state index < -0.39 is 26.7 Å². The van der Waals surface area contributed by atoms with Crippen LogP contribution >= 0.6 is 0 Å². The van der Waals surface area contributed by atoms with Crippen LogP contribution in [0.3, 0.4) is 0 Å². The Morgan fingerprint density at radius 3 is 2.44 bits per heavy atom. The topological polar surface area (TPSA) is 86.1 Å². The molecule has 0 radical (unpaired) electrons. The molecule has 2 heterocycles. The van der Waals surface area contributed by atoms with Crippen molar-refractivity contribution in [2.45, 2.75) is 19.1 Å². The summed E-state index contributed by atoms with van der Waals surface area (Å²) in [6.45, 7) is 3.21. The Labute approximate surface area is 183 Å². The quantitative estimate of drug-likeness (QED) is 0.339. The van der Waals surface area contributed by atoms with Gasteiger partial charge in [-0.25, -0.2) is 26.9 Å². The molecule has 0 aliphatic rings. The molecule has 4 aromatic rings. The molecule has 1 atom stereocenters. The molecule has 4 rings (SSSR count). The highest BCUT2D eigenvalue weighted by Crippen LogP contribution is 2.40. The van der Waals surface area contributed by atoms with Crippen molar-refractivity contribution in [3.63, 3.8) is 0 Å². The second kappa shape index (κ2) is 7.90. The highest BCUT2D eigenvalue weighted by molar-refractivity contribution is 7.90. The van der Waals surface area contributed by atoms with E-state index in [-0.39, 0.29) is 11.5 Å². The largest absolute Gasteiger partial charge is 0.710 e. The minimum Gasteiger partial charge on any atom is -0.710 e.